The van der Waals surface area contributed by atoms with E-state index in [4.69, 9.17) is 4.74 Å². The lowest BCUT2D eigenvalue weighted by Gasteiger charge is -2.26. The molecular formula is C17H27N3O6S2. The molecule has 2 N–H and O–H groups in total. The highest BCUT2D eigenvalue weighted by Gasteiger charge is 2.24. The number of carbonyl (C=O) groups is 1. The van der Waals surface area contributed by atoms with Crippen LogP contribution in [-0.2, 0) is 24.8 Å². The van der Waals surface area contributed by atoms with Crippen LogP contribution in [0.3, 0.4) is 0 Å². The Kier molecular flexibility index (Phi) is 7.96. The average Bonchev–Trinajstić information content (AvgIpc) is 2.68. The van der Waals surface area contributed by atoms with Gasteiger partial charge in [-0.2, -0.15) is 4.31 Å². The van der Waals surface area contributed by atoms with E-state index in [1.54, 1.807) is 6.92 Å². The van der Waals surface area contributed by atoms with Crippen LogP contribution in [0.4, 0.5) is 0 Å². The number of benzene rings is 1. The first-order valence-electron chi connectivity index (χ1n) is 9.12. The summed E-state index contributed by atoms with van der Waals surface area (Å²) >= 11 is 0. The Morgan fingerprint density at radius 3 is 2.32 bits per heavy atom. The van der Waals surface area contributed by atoms with E-state index in [2.05, 4.69) is 10.0 Å². The van der Waals surface area contributed by atoms with E-state index in [0.29, 0.717) is 32.7 Å². The summed E-state index contributed by atoms with van der Waals surface area (Å²) < 4.78 is 57.9. The van der Waals surface area contributed by atoms with Gasteiger partial charge in [-0.25, -0.2) is 21.6 Å². The van der Waals surface area contributed by atoms with Crippen molar-refractivity contribution in [3.8, 4) is 0 Å². The predicted molar refractivity (Wildman–Crippen MR) is 105 cm³/mol. The van der Waals surface area contributed by atoms with Gasteiger partial charge in [0.05, 0.1) is 23.9 Å². The second kappa shape index (κ2) is 9.79. The molecule has 11 heteroatoms. The van der Waals surface area contributed by atoms with Gasteiger partial charge in [-0.3, -0.25) is 4.79 Å². The maximum Gasteiger partial charge on any atom is 0.251 e. The Morgan fingerprint density at radius 2 is 1.75 bits per heavy atom. The number of hydrogen-bond donors (Lipinski definition) is 2. The summed E-state index contributed by atoms with van der Waals surface area (Å²) in [7, 11) is -7.09. The molecule has 1 aliphatic rings. The number of carbonyl (C=O) groups excluding carboxylic acids is 1. The van der Waals surface area contributed by atoms with Gasteiger partial charge < -0.3 is 10.1 Å². The van der Waals surface area contributed by atoms with Gasteiger partial charge in [0.1, 0.15) is 0 Å². The first kappa shape index (κ1) is 22.8. The molecule has 1 heterocycles. The topological polar surface area (TPSA) is 122 Å². The minimum absolute atomic E-state index is 0.0336. The van der Waals surface area contributed by atoms with Crippen molar-refractivity contribution in [3.05, 3.63) is 29.8 Å². The van der Waals surface area contributed by atoms with E-state index in [1.807, 2.05) is 6.92 Å². The number of ether oxygens (including phenoxy) is 1. The number of nitrogens with one attached hydrogen (secondary N) is 2. The number of nitrogens with zero attached hydrogens (tertiary/aromatic N) is 1. The monoisotopic (exact) mass is 433 g/mol. The number of sulfonamides is 2. The first-order valence-corrected chi connectivity index (χ1v) is 12.2. The van der Waals surface area contributed by atoms with E-state index in [9.17, 15) is 21.6 Å². The second-order valence-corrected chi connectivity index (χ2v) is 10.3. The van der Waals surface area contributed by atoms with Gasteiger partial charge in [0.2, 0.25) is 20.0 Å². The minimum atomic E-state index is -3.64. The lowest BCUT2D eigenvalue weighted by atomic mass is 10.2. The summed E-state index contributed by atoms with van der Waals surface area (Å²) in [5.74, 6) is -0.666. The Labute approximate surface area is 166 Å². The number of rotatable bonds is 9. The molecule has 1 aliphatic heterocycles. The van der Waals surface area contributed by atoms with Crippen molar-refractivity contribution in [2.45, 2.75) is 31.2 Å². The maximum atomic E-state index is 12.2. The third kappa shape index (κ3) is 6.24. The molecule has 1 saturated heterocycles. The summed E-state index contributed by atoms with van der Waals surface area (Å²) in [4.78, 5) is 12.3. The van der Waals surface area contributed by atoms with Crippen molar-refractivity contribution in [2.24, 2.45) is 0 Å². The standard InChI is InChI=1S/C17H27N3O6S2/c1-3-14(2)19-28(24,25)16-6-4-15(5-7-16)17(21)18-8-13-27(22,23)20-9-11-26-12-10-20/h4-7,14,19H,3,8-13H2,1-2H3,(H,18,21). The maximum absolute atomic E-state index is 12.2. The summed E-state index contributed by atoms with van der Waals surface area (Å²) in [5, 5.41) is 2.55. The van der Waals surface area contributed by atoms with Crippen molar-refractivity contribution in [3.63, 3.8) is 0 Å². The van der Waals surface area contributed by atoms with Crippen LogP contribution in [0.2, 0.25) is 0 Å². The normalized spacial score (nSPS) is 17.2. The highest BCUT2D eigenvalue weighted by Crippen LogP contribution is 2.12. The van der Waals surface area contributed by atoms with Crippen molar-refractivity contribution in [1.29, 1.82) is 0 Å². The molecule has 0 aromatic heterocycles. The Balaban J connectivity index is 1.91. The Bertz CT molecular complexity index is 863. The molecule has 0 aliphatic carbocycles. The van der Waals surface area contributed by atoms with Crippen LogP contribution >= 0.6 is 0 Å². The molecule has 0 saturated carbocycles. The molecule has 1 fully saturated rings. The number of amides is 1. The Morgan fingerprint density at radius 1 is 1.14 bits per heavy atom. The first-order chi connectivity index (χ1) is 13.2. The predicted octanol–water partition coefficient (Wildman–Crippen LogP) is 0.155. The summed E-state index contributed by atoms with van der Waals surface area (Å²) in [5.41, 5.74) is 0.256. The van der Waals surface area contributed by atoms with E-state index in [1.165, 1.54) is 28.6 Å². The third-order valence-corrected chi connectivity index (χ3v) is 7.88. The van der Waals surface area contributed by atoms with Gasteiger partial charge in [0.15, 0.2) is 0 Å². The van der Waals surface area contributed by atoms with Gasteiger partial charge in [0.25, 0.3) is 5.91 Å². The molecule has 1 unspecified atom stereocenters. The fourth-order valence-electron chi connectivity index (χ4n) is 2.55. The third-order valence-electron chi connectivity index (χ3n) is 4.40. The van der Waals surface area contributed by atoms with E-state index >= 15 is 0 Å². The molecule has 1 atom stereocenters. The van der Waals surface area contributed by atoms with E-state index in [0.717, 1.165) is 0 Å². The quantitative estimate of drug-likeness (QED) is 0.572. The summed E-state index contributed by atoms with van der Waals surface area (Å²) in [6, 6.07) is 5.31. The molecule has 28 heavy (non-hydrogen) atoms. The zero-order valence-electron chi connectivity index (χ0n) is 16.0. The molecule has 1 aromatic carbocycles. The van der Waals surface area contributed by atoms with Crippen LogP contribution in [0.25, 0.3) is 0 Å². The molecule has 1 aromatic rings. The van der Waals surface area contributed by atoms with Crippen LogP contribution in [-0.4, -0.2) is 71.7 Å². The van der Waals surface area contributed by atoms with Crippen LogP contribution < -0.4 is 10.0 Å². The van der Waals surface area contributed by atoms with E-state index < -0.39 is 26.0 Å². The SMILES string of the molecule is CCC(C)NS(=O)(=O)c1ccc(C(=O)NCCS(=O)(=O)N2CCOCC2)cc1. The number of hydrogen-bond acceptors (Lipinski definition) is 6. The zero-order chi connectivity index (χ0) is 20.8. The van der Waals surface area contributed by atoms with Gasteiger partial charge in [0, 0.05) is 31.2 Å². The molecule has 0 radical (unpaired) electrons. The average molecular weight is 434 g/mol. The van der Waals surface area contributed by atoms with E-state index in [-0.39, 0.29) is 28.8 Å². The smallest absolute Gasteiger partial charge is 0.251 e. The lowest BCUT2D eigenvalue weighted by molar-refractivity contribution is 0.0730. The van der Waals surface area contributed by atoms with Crippen molar-refractivity contribution < 1.29 is 26.4 Å². The van der Waals surface area contributed by atoms with Gasteiger partial charge >= 0.3 is 0 Å². The fraction of sp³-hybridized carbons (Fsp3) is 0.588. The highest BCUT2D eigenvalue weighted by molar-refractivity contribution is 7.89. The van der Waals surface area contributed by atoms with Crippen molar-refractivity contribution >= 4 is 26.0 Å². The fourth-order valence-corrected chi connectivity index (χ4v) is 5.20. The van der Waals surface area contributed by atoms with Gasteiger partial charge in [-0.15, -0.1) is 0 Å². The molecule has 2 rings (SSSR count). The Hall–Kier alpha value is -1.53. The van der Waals surface area contributed by atoms with Crippen molar-refractivity contribution in [1.82, 2.24) is 14.3 Å². The largest absolute Gasteiger partial charge is 0.379 e. The van der Waals surface area contributed by atoms with Crippen molar-refractivity contribution in [2.75, 3.05) is 38.6 Å². The van der Waals surface area contributed by atoms with Crippen LogP contribution in [0.5, 0.6) is 0 Å². The van der Waals surface area contributed by atoms with Crippen LogP contribution in [0.1, 0.15) is 30.6 Å². The molecular weight excluding hydrogens is 406 g/mol. The van der Waals surface area contributed by atoms with Gasteiger partial charge in [-0.05, 0) is 37.6 Å². The number of morpholine rings is 1. The molecule has 1 amide bonds. The zero-order valence-corrected chi connectivity index (χ0v) is 17.7. The van der Waals surface area contributed by atoms with Crippen LogP contribution in [0.15, 0.2) is 29.2 Å². The molecule has 0 spiro atoms. The summed E-state index contributed by atoms with van der Waals surface area (Å²) in [6.07, 6.45) is 0.660. The highest BCUT2D eigenvalue weighted by atomic mass is 32.2. The van der Waals surface area contributed by atoms with Crippen LogP contribution in [0, 0.1) is 0 Å². The van der Waals surface area contributed by atoms with Gasteiger partial charge in [-0.1, -0.05) is 6.92 Å². The second-order valence-electron chi connectivity index (χ2n) is 6.54. The molecule has 0 bridgehead atoms. The lowest BCUT2D eigenvalue weighted by Crippen LogP contribution is -2.43. The molecule has 158 valence electrons. The molecule has 9 nitrogen and oxygen atoms in total. The summed E-state index contributed by atoms with van der Waals surface area (Å²) in [6.45, 7) is 4.98. The minimum Gasteiger partial charge on any atom is -0.379 e.